The van der Waals surface area contributed by atoms with Crippen LogP contribution in [-0.2, 0) is 32.1 Å². The Morgan fingerprint density at radius 3 is 2.20 bits per heavy atom. The van der Waals surface area contributed by atoms with Gasteiger partial charge in [-0.05, 0) is 59.9 Å². The second-order valence-electron chi connectivity index (χ2n) is 11.6. The summed E-state index contributed by atoms with van der Waals surface area (Å²) in [5, 5.41) is 0. The molecule has 0 bridgehead atoms. The van der Waals surface area contributed by atoms with Gasteiger partial charge in [0.15, 0.2) is 5.82 Å². The maximum atomic E-state index is 12.8. The van der Waals surface area contributed by atoms with Crippen LogP contribution in [0.25, 0.3) is 11.4 Å². The minimum atomic E-state index is -2.27. The van der Waals surface area contributed by atoms with E-state index in [1.54, 1.807) is 26.3 Å². The first-order valence-electron chi connectivity index (χ1n) is 15.2. The summed E-state index contributed by atoms with van der Waals surface area (Å²) in [7, 11) is -0.665. The molecular formula is C34H46N2O7Si. The molecule has 1 heterocycles. The Labute approximate surface area is 262 Å². The van der Waals surface area contributed by atoms with Crippen molar-refractivity contribution >= 4 is 20.3 Å². The zero-order valence-electron chi connectivity index (χ0n) is 27.4. The van der Waals surface area contributed by atoms with Gasteiger partial charge in [0.05, 0.1) is 25.0 Å². The lowest BCUT2D eigenvalue weighted by Crippen LogP contribution is -2.50. The van der Waals surface area contributed by atoms with Crippen molar-refractivity contribution in [3.05, 3.63) is 66.0 Å². The molecule has 9 nitrogen and oxygen atoms in total. The van der Waals surface area contributed by atoms with E-state index in [0.717, 1.165) is 5.56 Å². The number of hydrogen-bond donors (Lipinski definition) is 0. The third-order valence-electron chi connectivity index (χ3n) is 7.73. The summed E-state index contributed by atoms with van der Waals surface area (Å²) in [5.74, 6) is 1.20. The van der Waals surface area contributed by atoms with E-state index in [1.165, 1.54) is 6.92 Å². The van der Waals surface area contributed by atoms with Crippen molar-refractivity contribution in [2.75, 3.05) is 13.7 Å². The highest BCUT2D eigenvalue weighted by Crippen LogP contribution is 2.43. The van der Waals surface area contributed by atoms with Crippen LogP contribution in [0.5, 0.6) is 17.2 Å². The number of benzene rings is 2. The molecule has 0 N–H and O–H groups in total. The van der Waals surface area contributed by atoms with Crippen LogP contribution in [-0.4, -0.2) is 50.0 Å². The van der Waals surface area contributed by atoms with E-state index in [2.05, 4.69) is 46.5 Å². The van der Waals surface area contributed by atoms with Crippen molar-refractivity contribution in [1.82, 2.24) is 9.97 Å². The molecule has 0 aliphatic carbocycles. The van der Waals surface area contributed by atoms with Crippen LogP contribution < -0.4 is 13.9 Å². The first kappa shape index (κ1) is 34.6. The fraction of sp³-hybridized carbons (Fsp3) is 0.471. The van der Waals surface area contributed by atoms with Crippen molar-refractivity contribution < 1.29 is 33.0 Å². The molecule has 1 unspecified atom stereocenters. The number of rotatable bonds is 15. The summed E-state index contributed by atoms with van der Waals surface area (Å²) < 4.78 is 29.3. The van der Waals surface area contributed by atoms with E-state index >= 15 is 0 Å². The van der Waals surface area contributed by atoms with E-state index in [9.17, 15) is 9.59 Å². The number of nitrogens with zero attached hydrogens (tertiary/aromatic N) is 2. The number of ether oxygens (including phenoxy) is 4. The lowest BCUT2D eigenvalue weighted by atomic mass is 10.1. The molecule has 238 valence electrons. The third kappa shape index (κ3) is 8.37. The molecule has 10 heteroatoms. The van der Waals surface area contributed by atoms with Gasteiger partial charge in [0.25, 0.3) is 8.32 Å². The average molecular weight is 623 g/mol. The highest BCUT2D eigenvalue weighted by molar-refractivity contribution is 6.78. The Balaban J connectivity index is 1.99. The molecule has 44 heavy (non-hydrogen) atoms. The SMILES string of the molecule is CCOC(=O)C(Cc1cc(O[Si](C(C)C)(C(C)C)C(C)C)ccc1OCc1ccnc(-c2ccccc2OC)n1)OC(C)=O. The van der Waals surface area contributed by atoms with Crippen LogP contribution in [0.15, 0.2) is 54.7 Å². The zero-order chi connectivity index (χ0) is 32.4. The smallest absolute Gasteiger partial charge is 0.347 e. The summed E-state index contributed by atoms with van der Waals surface area (Å²) in [5.41, 5.74) is 3.17. The summed E-state index contributed by atoms with van der Waals surface area (Å²) in [4.78, 5) is 33.8. The fourth-order valence-corrected chi connectivity index (χ4v) is 11.1. The van der Waals surface area contributed by atoms with E-state index in [1.807, 2.05) is 42.5 Å². The minimum absolute atomic E-state index is 0.0563. The molecule has 0 saturated carbocycles. The number of carbonyl (C=O) groups is 2. The van der Waals surface area contributed by atoms with E-state index in [0.29, 0.717) is 51.0 Å². The van der Waals surface area contributed by atoms with E-state index in [-0.39, 0.29) is 19.6 Å². The standard InChI is InChI=1S/C34H46N2O7Si/c1-10-40-34(38)32(42-25(8)37)20-26-19-28(43-44(22(2)3,23(4)5)24(6)7)15-16-30(26)41-21-27-17-18-35-33(36-27)29-13-11-12-14-31(29)39-9/h11-19,22-24,32H,10,20-21H2,1-9H3. The molecule has 3 rings (SSSR count). The maximum absolute atomic E-state index is 12.8. The Morgan fingerprint density at radius 2 is 1.59 bits per heavy atom. The Bertz CT molecular complexity index is 1390. The predicted octanol–water partition coefficient (Wildman–Crippen LogP) is 7.32. The van der Waals surface area contributed by atoms with Gasteiger partial charge in [0.1, 0.15) is 23.9 Å². The summed E-state index contributed by atoms with van der Waals surface area (Å²) in [6.45, 7) is 16.6. The van der Waals surface area contributed by atoms with Crippen molar-refractivity contribution in [2.24, 2.45) is 0 Å². The molecule has 0 radical (unpaired) electrons. The third-order valence-corrected chi connectivity index (χ3v) is 13.7. The van der Waals surface area contributed by atoms with Gasteiger partial charge in [-0.3, -0.25) is 4.79 Å². The van der Waals surface area contributed by atoms with Crippen LogP contribution in [0.2, 0.25) is 16.6 Å². The summed E-state index contributed by atoms with van der Waals surface area (Å²) in [6.07, 6.45) is 0.598. The molecule has 1 atom stereocenters. The van der Waals surface area contributed by atoms with Gasteiger partial charge in [0, 0.05) is 25.1 Å². The number of hydrogen-bond acceptors (Lipinski definition) is 9. The minimum Gasteiger partial charge on any atom is -0.543 e. The first-order chi connectivity index (χ1) is 20.9. The topological polar surface area (TPSA) is 106 Å². The van der Waals surface area contributed by atoms with Gasteiger partial charge < -0.3 is 23.4 Å². The number of methoxy groups -OCH3 is 1. The van der Waals surface area contributed by atoms with Crippen LogP contribution in [0, 0.1) is 0 Å². The Kier molecular flexibility index (Phi) is 12.3. The van der Waals surface area contributed by atoms with Gasteiger partial charge >= 0.3 is 11.9 Å². The molecule has 0 spiro atoms. The fourth-order valence-electron chi connectivity index (χ4n) is 5.87. The largest absolute Gasteiger partial charge is 0.543 e. The zero-order valence-corrected chi connectivity index (χ0v) is 28.4. The lowest BCUT2D eigenvalue weighted by molar-refractivity contribution is -0.166. The lowest BCUT2D eigenvalue weighted by Gasteiger charge is -2.42. The van der Waals surface area contributed by atoms with Crippen LogP contribution >= 0.6 is 0 Å². The molecule has 0 fully saturated rings. The highest BCUT2D eigenvalue weighted by Gasteiger charge is 2.47. The molecule has 2 aromatic carbocycles. The summed E-state index contributed by atoms with van der Waals surface area (Å²) >= 11 is 0. The van der Waals surface area contributed by atoms with Gasteiger partial charge in [-0.1, -0.05) is 53.7 Å². The van der Waals surface area contributed by atoms with E-state index in [4.69, 9.17) is 28.4 Å². The molecule has 3 aromatic rings. The van der Waals surface area contributed by atoms with Crippen LogP contribution in [0.4, 0.5) is 0 Å². The molecule has 0 amide bonds. The number of esters is 2. The van der Waals surface area contributed by atoms with Crippen molar-refractivity contribution in [1.29, 1.82) is 0 Å². The molecule has 0 aliphatic heterocycles. The van der Waals surface area contributed by atoms with Crippen LogP contribution in [0.1, 0.15) is 66.6 Å². The first-order valence-corrected chi connectivity index (χ1v) is 17.3. The predicted molar refractivity (Wildman–Crippen MR) is 172 cm³/mol. The van der Waals surface area contributed by atoms with Crippen molar-refractivity contribution in [3.8, 4) is 28.6 Å². The van der Waals surface area contributed by atoms with Gasteiger partial charge in [-0.25, -0.2) is 14.8 Å². The van der Waals surface area contributed by atoms with Crippen molar-refractivity contribution in [3.63, 3.8) is 0 Å². The Morgan fingerprint density at radius 1 is 0.909 bits per heavy atom. The second-order valence-corrected chi connectivity index (χ2v) is 17.0. The average Bonchev–Trinajstić information content (AvgIpc) is 2.98. The number of aromatic nitrogens is 2. The molecule has 0 saturated heterocycles. The van der Waals surface area contributed by atoms with Gasteiger partial charge in [-0.15, -0.1) is 0 Å². The Hall–Kier alpha value is -3.92. The van der Waals surface area contributed by atoms with Gasteiger partial charge in [0.2, 0.25) is 6.10 Å². The van der Waals surface area contributed by atoms with Crippen LogP contribution in [0.3, 0.4) is 0 Å². The second kappa shape index (κ2) is 15.7. The quantitative estimate of drug-likeness (QED) is 0.127. The molecule has 0 aliphatic rings. The van der Waals surface area contributed by atoms with Crippen molar-refractivity contribution in [2.45, 2.75) is 91.1 Å². The summed E-state index contributed by atoms with van der Waals surface area (Å²) in [6, 6.07) is 15.0. The molecular weight excluding hydrogens is 576 g/mol. The monoisotopic (exact) mass is 622 g/mol. The van der Waals surface area contributed by atoms with E-state index < -0.39 is 26.4 Å². The molecule has 1 aromatic heterocycles. The number of carbonyl (C=O) groups excluding carboxylic acids is 2. The number of para-hydroxylation sites is 1. The van der Waals surface area contributed by atoms with Gasteiger partial charge in [-0.2, -0.15) is 0 Å². The normalized spacial score (nSPS) is 12.3. The highest BCUT2D eigenvalue weighted by atomic mass is 28.4. The maximum Gasteiger partial charge on any atom is 0.347 e.